The minimum atomic E-state index is -2.96. The maximum absolute atomic E-state index is 9.27. The van der Waals surface area contributed by atoms with Gasteiger partial charge in [0.1, 0.15) is 0 Å². The Bertz CT molecular complexity index is 35.5. The molecule has 0 rings (SSSR count). The Kier molecular flexibility index (Phi) is 916. The fourth-order valence-corrected chi connectivity index (χ4v) is 0. The van der Waals surface area contributed by atoms with E-state index in [1.54, 1.807) is 0 Å². The van der Waals surface area contributed by atoms with Gasteiger partial charge in [-0.3, -0.25) is 0 Å². The quantitative estimate of drug-likeness (QED) is 0.348. The van der Waals surface area contributed by atoms with Crippen molar-refractivity contribution in [3.8, 4) is 0 Å². The van der Waals surface area contributed by atoms with Crippen LogP contribution in [-0.2, 0) is 21.9 Å². The molecule has 12 heteroatoms. The summed E-state index contributed by atoms with van der Waals surface area (Å²) in [6.45, 7) is 0. The van der Waals surface area contributed by atoms with Crippen molar-refractivity contribution in [3.05, 3.63) is 0 Å². The Morgan fingerprint density at radius 2 is 0.583 bits per heavy atom. The normalized spacial score (nSPS) is 2.17. The molecule has 0 aliphatic heterocycles. The van der Waals surface area contributed by atoms with Crippen LogP contribution in [0, 0.1) is 0 Å². The number of hydrogen-bond acceptors (Lipinski definition) is 1. The van der Waals surface area contributed by atoms with Gasteiger partial charge in [0.15, 0.2) is 0 Å². The molecule has 0 unspecified atom stereocenters. The zero-order chi connectivity index (χ0) is 3.58. The Morgan fingerprint density at radius 1 is 0.583 bits per heavy atom. The summed E-state index contributed by atoms with van der Waals surface area (Å²) in [4.78, 5) is 0. The Labute approximate surface area is 82.9 Å². The van der Waals surface area contributed by atoms with E-state index >= 15 is 0 Å². The standard InChI is InChI=1S/2ClH.Hf.8H2O.O/h2*1H;;8*1H2;/q;;+2;;;;;;;;;/p-2. The monoisotopic (exact) mass is 410 g/mol. The summed E-state index contributed by atoms with van der Waals surface area (Å²) in [5.41, 5.74) is 0. The summed E-state index contributed by atoms with van der Waals surface area (Å²) in [7, 11) is 9.40. The second-order valence-electron chi connectivity index (χ2n) is 0.226. The summed E-state index contributed by atoms with van der Waals surface area (Å²) in [6, 6.07) is 0. The second-order valence-corrected chi connectivity index (χ2v) is 9.05. The van der Waals surface area contributed by atoms with Crippen molar-refractivity contribution in [2.75, 3.05) is 0 Å². The maximum atomic E-state index is 9.27. The third-order valence-corrected chi connectivity index (χ3v) is 0. The molecule has 9 nitrogen and oxygen atoms in total. The zero-order valence-electron chi connectivity index (χ0n) is 5.66. The fraction of sp³-hybridized carbons (Fsp3) is 0. The van der Waals surface area contributed by atoms with Gasteiger partial charge in [-0.25, -0.2) is 0 Å². The molecule has 0 saturated heterocycles. The molecule has 88 valence electrons. The van der Waals surface area contributed by atoms with Crippen LogP contribution in [-0.4, -0.2) is 43.8 Å². The van der Waals surface area contributed by atoms with Crippen LogP contribution in [0.4, 0.5) is 0 Å². The molecule has 0 aromatic rings. The van der Waals surface area contributed by atoms with Gasteiger partial charge in [0.2, 0.25) is 0 Å². The van der Waals surface area contributed by atoms with E-state index in [1.807, 2.05) is 0 Å². The van der Waals surface area contributed by atoms with Crippen LogP contribution >= 0.6 is 17.2 Å². The summed E-state index contributed by atoms with van der Waals surface area (Å²) in [5.74, 6) is 0. The summed E-state index contributed by atoms with van der Waals surface area (Å²) >= 11 is -2.96. The van der Waals surface area contributed by atoms with Gasteiger partial charge in [-0.05, 0) is 0 Å². The van der Waals surface area contributed by atoms with Crippen LogP contribution in [0.15, 0.2) is 0 Å². The SMILES string of the molecule is O.O.O.O.O.O.O.O.[O]=[Hf]([Cl])[Cl]. The van der Waals surface area contributed by atoms with Gasteiger partial charge in [-0.2, -0.15) is 0 Å². The van der Waals surface area contributed by atoms with Gasteiger partial charge < -0.3 is 43.8 Å². The van der Waals surface area contributed by atoms with E-state index in [0.717, 1.165) is 0 Å². The molecular weight excluding hydrogens is 393 g/mol. The van der Waals surface area contributed by atoms with Crippen LogP contribution in [0.5, 0.6) is 0 Å². The Balaban J connectivity index is -0.00000000161. The van der Waals surface area contributed by atoms with E-state index in [9.17, 15) is 2.85 Å². The molecule has 0 saturated carbocycles. The van der Waals surface area contributed by atoms with Crippen molar-refractivity contribution in [2.24, 2.45) is 0 Å². The van der Waals surface area contributed by atoms with Gasteiger partial charge >= 0.3 is 39.1 Å². The molecular formula is H16Cl2HfO9. The van der Waals surface area contributed by atoms with Crippen molar-refractivity contribution in [1.29, 1.82) is 0 Å². The first-order valence-electron chi connectivity index (χ1n) is 0.582. The Hall–Kier alpha value is 0.930. The molecule has 16 N–H and O–H groups in total. The van der Waals surface area contributed by atoms with Gasteiger partial charge in [0.25, 0.3) is 0 Å². The third kappa shape index (κ3) is 1250. The second kappa shape index (κ2) is 92.3. The third-order valence-electron chi connectivity index (χ3n) is 0. The van der Waals surface area contributed by atoms with Crippen LogP contribution in [0.2, 0.25) is 0 Å². The van der Waals surface area contributed by atoms with Gasteiger partial charge in [-0.15, -0.1) is 0 Å². The van der Waals surface area contributed by atoms with E-state index in [0.29, 0.717) is 0 Å². The predicted octanol–water partition coefficient (Wildman–Crippen LogP) is -5.34. The van der Waals surface area contributed by atoms with Gasteiger partial charge in [0.05, 0.1) is 0 Å². The molecule has 0 amide bonds. The predicted molar refractivity (Wildman–Crippen MR) is 41.3 cm³/mol. The van der Waals surface area contributed by atoms with Crippen LogP contribution < -0.4 is 0 Å². The first-order valence-corrected chi connectivity index (χ1v) is 11.0. The van der Waals surface area contributed by atoms with Crippen molar-refractivity contribution >= 4 is 17.2 Å². The molecule has 0 bridgehead atoms. The molecule has 0 aliphatic carbocycles. The molecule has 0 fully saturated rings. The number of rotatable bonds is 0. The van der Waals surface area contributed by atoms with Crippen molar-refractivity contribution in [1.82, 2.24) is 0 Å². The summed E-state index contributed by atoms with van der Waals surface area (Å²) < 4.78 is 9.27. The first kappa shape index (κ1) is 119. The van der Waals surface area contributed by atoms with Crippen LogP contribution in [0.1, 0.15) is 0 Å². The fourth-order valence-electron chi connectivity index (χ4n) is 0. The number of halogens is 2. The van der Waals surface area contributed by atoms with Gasteiger partial charge in [0, 0.05) is 0 Å². The minimum absolute atomic E-state index is 0. The van der Waals surface area contributed by atoms with E-state index in [4.69, 9.17) is 17.2 Å². The van der Waals surface area contributed by atoms with E-state index in [1.165, 1.54) is 0 Å². The van der Waals surface area contributed by atoms with E-state index in [2.05, 4.69) is 0 Å². The Morgan fingerprint density at radius 3 is 0.583 bits per heavy atom. The van der Waals surface area contributed by atoms with E-state index < -0.39 is 19.1 Å². The molecule has 0 heterocycles. The molecule has 0 aromatic heterocycles. The average molecular weight is 410 g/mol. The van der Waals surface area contributed by atoms with Crippen LogP contribution in [0.25, 0.3) is 0 Å². The average Bonchev–Trinajstić information content (AvgIpc) is 0.811. The zero-order valence-corrected chi connectivity index (χ0v) is 10.8. The summed E-state index contributed by atoms with van der Waals surface area (Å²) in [5, 5.41) is 0. The van der Waals surface area contributed by atoms with E-state index in [-0.39, 0.29) is 43.8 Å². The molecule has 0 spiro atoms. The molecule has 0 aromatic carbocycles. The summed E-state index contributed by atoms with van der Waals surface area (Å²) in [6.07, 6.45) is 0. The first-order chi connectivity index (χ1) is 1.73. The van der Waals surface area contributed by atoms with Crippen molar-refractivity contribution < 1.29 is 65.7 Å². The van der Waals surface area contributed by atoms with Crippen LogP contribution in [0.3, 0.4) is 0 Å². The topological polar surface area (TPSA) is 269 Å². The molecule has 0 aliphatic rings. The molecule has 0 radical (unpaired) electrons. The molecule has 12 heavy (non-hydrogen) atoms. The van der Waals surface area contributed by atoms with Gasteiger partial charge in [-0.1, -0.05) is 0 Å². The van der Waals surface area contributed by atoms with Crippen molar-refractivity contribution in [2.45, 2.75) is 0 Å². The number of hydrogen-bond donors (Lipinski definition) is 0. The van der Waals surface area contributed by atoms with Crippen molar-refractivity contribution in [3.63, 3.8) is 0 Å². The molecule has 0 atom stereocenters.